The molecule has 0 aliphatic heterocycles. The molecule has 4 rings (SSSR count). The van der Waals surface area contributed by atoms with Crippen molar-refractivity contribution >= 4 is 11.6 Å². The number of rotatable bonds is 4. The fourth-order valence-corrected chi connectivity index (χ4v) is 2.78. The summed E-state index contributed by atoms with van der Waals surface area (Å²) in [7, 11) is 0. The minimum Gasteiger partial charge on any atom is -0.319 e. The Morgan fingerprint density at radius 1 is 0.862 bits per heavy atom. The molecule has 0 saturated heterocycles. The lowest BCUT2D eigenvalue weighted by molar-refractivity contribution is 0.101. The monoisotopic (exact) mass is 390 g/mol. The summed E-state index contributed by atoms with van der Waals surface area (Å²) in [5.41, 5.74) is 2.82. The van der Waals surface area contributed by atoms with E-state index in [9.17, 15) is 13.6 Å². The van der Waals surface area contributed by atoms with Crippen molar-refractivity contribution in [3.63, 3.8) is 0 Å². The van der Waals surface area contributed by atoms with Crippen LogP contribution in [0.4, 0.5) is 14.5 Å². The second-order valence-electron chi connectivity index (χ2n) is 6.47. The summed E-state index contributed by atoms with van der Waals surface area (Å²) in [6, 6.07) is 18.7. The van der Waals surface area contributed by atoms with Crippen LogP contribution in [-0.2, 0) is 0 Å². The maximum absolute atomic E-state index is 13.3. The number of carbonyl (C=O) groups excluding carboxylic acids is 1. The Morgan fingerprint density at radius 3 is 2.07 bits per heavy atom. The van der Waals surface area contributed by atoms with Gasteiger partial charge in [0.25, 0.3) is 5.91 Å². The van der Waals surface area contributed by atoms with E-state index >= 15 is 0 Å². The Hall–Kier alpha value is -3.87. The zero-order valence-corrected chi connectivity index (χ0v) is 15.4. The second-order valence-corrected chi connectivity index (χ2v) is 6.47. The number of hydrogen-bond donors (Lipinski definition) is 1. The molecule has 0 unspecified atom stereocenters. The molecule has 3 aromatic carbocycles. The average Bonchev–Trinajstić information content (AvgIpc) is 3.16. The summed E-state index contributed by atoms with van der Waals surface area (Å²) in [6.07, 6.45) is 0. The SMILES string of the molecule is Cc1ccc(-n2nc(C(=O)Nc3ccc(F)cc3)nc2-c2ccc(F)cc2)cc1. The molecule has 0 bridgehead atoms. The predicted octanol–water partition coefficient (Wildman–Crippen LogP) is 4.77. The van der Waals surface area contributed by atoms with Gasteiger partial charge >= 0.3 is 0 Å². The molecule has 0 atom stereocenters. The molecule has 0 aliphatic carbocycles. The first-order valence-corrected chi connectivity index (χ1v) is 8.86. The van der Waals surface area contributed by atoms with E-state index in [0.29, 0.717) is 22.8 Å². The van der Waals surface area contributed by atoms with Crippen molar-refractivity contribution < 1.29 is 13.6 Å². The van der Waals surface area contributed by atoms with Crippen molar-refractivity contribution in [1.82, 2.24) is 14.8 Å². The highest BCUT2D eigenvalue weighted by atomic mass is 19.1. The number of anilines is 1. The van der Waals surface area contributed by atoms with Crippen molar-refractivity contribution in [2.24, 2.45) is 0 Å². The predicted molar refractivity (Wildman–Crippen MR) is 106 cm³/mol. The lowest BCUT2D eigenvalue weighted by Crippen LogP contribution is -2.14. The molecule has 1 amide bonds. The van der Waals surface area contributed by atoms with Crippen LogP contribution in [0, 0.1) is 18.6 Å². The first-order chi connectivity index (χ1) is 14.0. The number of nitrogens with zero attached hydrogens (tertiary/aromatic N) is 3. The lowest BCUT2D eigenvalue weighted by atomic mass is 10.2. The molecule has 0 spiro atoms. The maximum Gasteiger partial charge on any atom is 0.295 e. The third-order valence-electron chi connectivity index (χ3n) is 4.29. The van der Waals surface area contributed by atoms with Crippen LogP contribution in [0.15, 0.2) is 72.8 Å². The summed E-state index contributed by atoms with van der Waals surface area (Å²) < 4.78 is 27.9. The molecule has 0 radical (unpaired) electrons. The van der Waals surface area contributed by atoms with Gasteiger partial charge in [0.15, 0.2) is 5.82 Å². The number of amides is 1. The summed E-state index contributed by atoms with van der Waals surface area (Å²) in [4.78, 5) is 17.0. The van der Waals surface area contributed by atoms with Crippen LogP contribution in [-0.4, -0.2) is 20.7 Å². The molecule has 1 N–H and O–H groups in total. The number of aromatic nitrogens is 3. The van der Waals surface area contributed by atoms with Gasteiger partial charge < -0.3 is 5.32 Å². The van der Waals surface area contributed by atoms with E-state index in [1.807, 2.05) is 31.2 Å². The van der Waals surface area contributed by atoms with E-state index < -0.39 is 11.7 Å². The Kier molecular flexibility index (Phi) is 4.87. The zero-order valence-electron chi connectivity index (χ0n) is 15.4. The van der Waals surface area contributed by atoms with Gasteiger partial charge in [0.2, 0.25) is 5.82 Å². The number of aryl methyl sites for hydroxylation is 1. The number of nitrogens with one attached hydrogen (secondary N) is 1. The van der Waals surface area contributed by atoms with Crippen molar-refractivity contribution in [2.45, 2.75) is 6.92 Å². The van der Waals surface area contributed by atoms with Gasteiger partial charge in [0, 0.05) is 11.3 Å². The molecular weight excluding hydrogens is 374 g/mol. The molecule has 1 heterocycles. The fourth-order valence-electron chi connectivity index (χ4n) is 2.78. The minimum atomic E-state index is -0.536. The Bertz CT molecular complexity index is 1090. The standard InChI is InChI=1S/C22H16F2N4O/c1-14-2-12-19(13-3-14)28-21(15-4-6-16(23)7-5-15)26-20(27-28)22(29)25-18-10-8-17(24)9-11-18/h2-13H,1H3,(H,25,29). The van der Waals surface area contributed by atoms with Gasteiger partial charge in [-0.25, -0.2) is 18.4 Å². The summed E-state index contributed by atoms with van der Waals surface area (Å²) in [5, 5.41) is 6.99. The molecule has 7 heteroatoms. The fraction of sp³-hybridized carbons (Fsp3) is 0.0455. The minimum absolute atomic E-state index is 0.0609. The normalized spacial score (nSPS) is 10.7. The molecule has 0 saturated carbocycles. The molecule has 0 fully saturated rings. The van der Waals surface area contributed by atoms with Crippen LogP contribution in [0.3, 0.4) is 0 Å². The van der Waals surface area contributed by atoms with Crippen LogP contribution in [0.1, 0.15) is 16.2 Å². The smallest absolute Gasteiger partial charge is 0.295 e. The first kappa shape index (κ1) is 18.5. The molecule has 144 valence electrons. The Morgan fingerprint density at radius 2 is 1.45 bits per heavy atom. The van der Waals surface area contributed by atoms with Gasteiger partial charge in [-0.2, -0.15) is 0 Å². The molecule has 0 aliphatic rings. The second kappa shape index (κ2) is 7.63. The first-order valence-electron chi connectivity index (χ1n) is 8.86. The molecule has 29 heavy (non-hydrogen) atoms. The largest absolute Gasteiger partial charge is 0.319 e. The lowest BCUT2D eigenvalue weighted by Gasteiger charge is -2.06. The molecule has 4 aromatic rings. The van der Waals surface area contributed by atoms with E-state index in [-0.39, 0.29) is 11.6 Å². The number of halogens is 2. The maximum atomic E-state index is 13.3. The Balaban J connectivity index is 1.74. The van der Waals surface area contributed by atoms with E-state index in [4.69, 9.17) is 0 Å². The van der Waals surface area contributed by atoms with Crippen molar-refractivity contribution in [1.29, 1.82) is 0 Å². The molecule has 5 nitrogen and oxygen atoms in total. The van der Waals surface area contributed by atoms with Crippen molar-refractivity contribution in [3.05, 3.63) is 95.8 Å². The number of benzene rings is 3. The van der Waals surface area contributed by atoms with Crippen LogP contribution in [0.2, 0.25) is 0 Å². The number of hydrogen-bond acceptors (Lipinski definition) is 3. The highest BCUT2D eigenvalue weighted by molar-refractivity contribution is 6.01. The van der Waals surface area contributed by atoms with Crippen LogP contribution in [0.5, 0.6) is 0 Å². The van der Waals surface area contributed by atoms with Gasteiger partial charge in [-0.05, 0) is 67.6 Å². The van der Waals surface area contributed by atoms with Crippen molar-refractivity contribution in [2.75, 3.05) is 5.32 Å². The van der Waals surface area contributed by atoms with E-state index in [1.165, 1.54) is 41.1 Å². The highest BCUT2D eigenvalue weighted by Gasteiger charge is 2.19. The van der Waals surface area contributed by atoms with Crippen LogP contribution < -0.4 is 5.32 Å². The molecular formula is C22H16F2N4O. The summed E-state index contributed by atoms with van der Waals surface area (Å²) >= 11 is 0. The van der Waals surface area contributed by atoms with Crippen LogP contribution >= 0.6 is 0 Å². The van der Waals surface area contributed by atoms with E-state index in [2.05, 4.69) is 15.4 Å². The van der Waals surface area contributed by atoms with Gasteiger partial charge in [0.05, 0.1) is 5.69 Å². The van der Waals surface area contributed by atoms with Crippen molar-refractivity contribution in [3.8, 4) is 17.1 Å². The average molecular weight is 390 g/mol. The third kappa shape index (κ3) is 4.03. The van der Waals surface area contributed by atoms with Gasteiger partial charge in [-0.15, -0.1) is 5.10 Å². The quantitative estimate of drug-likeness (QED) is 0.546. The zero-order chi connectivity index (χ0) is 20.4. The summed E-state index contributed by atoms with van der Waals surface area (Å²) in [5.74, 6) is -0.967. The number of carbonyl (C=O) groups is 1. The Labute approximate surface area is 165 Å². The highest BCUT2D eigenvalue weighted by Crippen LogP contribution is 2.22. The van der Waals surface area contributed by atoms with Crippen LogP contribution in [0.25, 0.3) is 17.1 Å². The van der Waals surface area contributed by atoms with Gasteiger partial charge in [-0.1, -0.05) is 17.7 Å². The van der Waals surface area contributed by atoms with Gasteiger partial charge in [-0.3, -0.25) is 4.79 Å². The van der Waals surface area contributed by atoms with E-state index in [0.717, 1.165) is 5.56 Å². The van der Waals surface area contributed by atoms with E-state index in [1.54, 1.807) is 12.1 Å². The molecule has 1 aromatic heterocycles. The summed E-state index contributed by atoms with van der Waals surface area (Å²) in [6.45, 7) is 1.97. The van der Waals surface area contributed by atoms with Gasteiger partial charge in [0.1, 0.15) is 11.6 Å². The topological polar surface area (TPSA) is 59.8 Å². The third-order valence-corrected chi connectivity index (χ3v) is 4.29.